The maximum absolute atomic E-state index is 13.7. The number of aromatic nitrogens is 1. The highest BCUT2D eigenvalue weighted by Gasteiger charge is 2.19. The van der Waals surface area contributed by atoms with Crippen LogP contribution in [0.25, 0.3) is 0 Å². The van der Waals surface area contributed by atoms with E-state index in [-0.39, 0.29) is 15.1 Å². The molecule has 0 spiro atoms. The fraction of sp³-hybridized carbons (Fsp3) is 0.0833. The summed E-state index contributed by atoms with van der Waals surface area (Å²) in [5, 5.41) is 2.74. The number of benzene rings is 1. The monoisotopic (exact) mass is 377 g/mol. The smallest absolute Gasteiger partial charge is 0.263 e. The van der Waals surface area contributed by atoms with Crippen LogP contribution in [0.2, 0.25) is 0 Å². The molecule has 0 radical (unpaired) electrons. The van der Waals surface area contributed by atoms with Crippen LogP contribution in [0, 0.1) is 11.6 Å². The van der Waals surface area contributed by atoms with E-state index in [0.29, 0.717) is 11.9 Å². The van der Waals surface area contributed by atoms with Gasteiger partial charge in [0.2, 0.25) is 0 Å². The highest BCUT2D eigenvalue weighted by atomic mass is 79.9. The molecule has 0 saturated carbocycles. The molecule has 9 heteroatoms. The van der Waals surface area contributed by atoms with Gasteiger partial charge in [0.25, 0.3) is 10.0 Å². The van der Waals surface area contributed by atoms with Gasteiger partial charge in [-0.2, -0.15) is 0 Å². The number of anilines is 2. The molecule has 0 aliphatic rings. The van der Waals surface area contributed by atoms with Gasteiger partial charge in [-0.3, -0.25) is 4.72 Å². The van der Waals surface area contributed by atoms with E-state index in [9.17, 15) is 17.2 Å². The number of nitrogens with zero attached hydrogens (tertiary/aromatic N) is 1. The van der Waals surface area contributed by atoms with Crippen molar-refractivity contribution in [3.63, 3.8) is 0 Å². The Morgan fingerprint density at radius 1 is 1.24 bits per heavy atom. The second-order valence-corrected chi connectivity index (χ2v) is 6.52. The number of rotatable bonds is 4. The van der Waals surface area contributed by atoms with Crippen molar-refractivity contribution in [2.24, 2.45) is 0 Å². The first kappa shape index (κ1) is 15.6. The van der Waals surface area contributed by atoms with Gasteiger partial charge in [0, 0.05) is 23.8 Å². The molecule has 0 atom stereocenters. The normalized spacial score (nSPS) is 11.2. The zero-order valence-corrected chi connectivity index (χ0v) is 13.1. The van der Waals surface area contributed by atoms with E-state index >= 15 is 0 Å². The van der Waals surface area contributed by atoms with Crippen LogP contribution in [0.1, 0.15) is 0 Å². The first-order valence-electron chi connectivity index (χ1n) is 5.64. The van der Waals surface area contributed by atoms with Crippen LogP contribution in [0.3, 0.4) is 0 Å². The third-order valence-electron chi connectivity index (χ3n) is 2.55. The van der Waals surface area contributed by atoms with Crippen LogP contribution in [-0.4, -0.2) is 20.4 Å². The SMILES string of the molecule is CNc1ccc(S(=O)(=O)Nc2c(F)cc(F)cc2Br)cn1. The summed E-state index contributed by atoms with van der Waals surface area (Å²) < 4.78 is 52.9. The Bertz CT molecular complexity index is 744. The molecule has 2 rings (SSSR count). The number of sulfonamides is 1. The predicted molar refractivity (Wildman–Crippen MR) is 78.7 cm³/mol. The summed E-state index contributed by atoms with van der Waals surface area (Å²) in [6.45, 7) is 0. The van der Waals surface area contributed by atoms with Crippen molar-refractivity contribution < 1.29 is 17.2 Å². The van der Waals surface area contributed by atoms with E-state index in [1.807, 2.05) is 0 Å². The maximum Gasteiger partial charge on any atom is 0.263 e. The van der Waals surface area contributed by atoms with Crippen molar-refractivity contribution in [3.05, 3.63) is 46.6 Å². The third-order valence-corrected chi connectivity index (χ3v) is 4.51. The van der Waals surface area contributed by atoms with Gasteiger partial charge in [0.1, 0.15) is 16.5 Å². The molecule has 0 amide bonds. The lowest BCUT2D eigenvalue weighted by Gasteiger charge is -2.11. The van der Waals surface area contributed by atoms with E-state index in [1.54, 1.807) is 7.05 Å². The Morgan fingerprint density at radius 3 is 2.48 bits per heavy atom. The number of hydrogen-bond acceptors (Lipinski definition) is 4. The van der Waals surface area contributed by atoms with Crippen LogP contribution < -0.4 is 10.0 Å². The highest BCUT2D eigenvalue weighted by molar-refractivity contribution is 9.10. The minimum Gasteiger partial charge on any atom is -0.373 e. The standard InChI is InChI=1S/C12H10BrF2N3O2S/c1-16-11-3-2-8(6-17-11)21(19,20)18-12-9(13)4-7(14)5-10(12)15/h2-6,18H,1H3,(H,16,17). The topological polar surface area (TPSA) is 71.1 Å². The van der Waals surface area contributed by atoms with Crippen molar-refractivity contribution in [3.8, 4) is 0 Å². The molecule has 5 nitrogen and oxygen atoms in total. The molecule has 0 bridgehead atoms. The molecule has 0 unspecified atom stereocenters. The second kappa shape index (κ2) is 5.94. The lowest BCUT2D eigenvalue weighted by atomic mass is 10.3. The van der Waals surface area contributed by atoms with E-state index in [2.05, 4.69) is 31.0 Å². The zero-order valence-electron chi connectivity index (χ0n) is 10.7. The van der Waals surface area contributed by atoms with Gasteiger partial charge in [-0.15, -0.1) is 0 Å². The molecule has 21 heavy (non-hydrogen) atoms. The number of nitrogens with one attached hydrogen (secondary N) is 2. The molecular formula is C12H10BrF2N3O2S. The van der Waals surface area contributed by atoms with Crippen LogP contribution in [-0.2, 0) is 10.0 Å². The number of halogens is 3. The van der Waals surface area contributed by atoms with Gasteiger partial charge in [0.15, 0.2) is 5.82 Å². The Balaban J connectivity index is 2.37. The van der Waals surface area contributed by atoms with Crippen LogP contribution in [0.4, 0.5) is 20.3 Å². The zero-order chi connectivity index (χ0) is 15.6. The summed E-state index contributed by atoms with van der Waals surface area (Å²) in [7, 11) is -2.39. The largest absolute Gasteiger partial charge is 0.373 e. The Labute approximate surface area is 128 Å². The maximum atomic E-state index is 13.7. The molecule has 0 fully saturated rings. The molecule has 0 aliphatic heterocycles. The molecular weight excluding hydrogens is 368 g/mol. The lowest BCUT2D eigenvalue weighted by molar-refractivity contribution is 0.581. The second-order valence-electron chi connectivity index (χ2n) is 3.98. The third kappa shape index (κ3) is 3.48. The number of hydrogen-bond donors (Lipinski definition) is 2. The predicted octanol–water partition coefficient (Wildman–Crippen LogP) is 2.96. The van der Waals surface area contributed by atoms with Gasteiger partial charge in [-0.25, -0.2) is 22.2 Å². The van der Waals surface area contributed by atoms with Crippen LogP contribution >= 0.6 is 15.9 Å². The Morgan fingerprint density at radius 2 is 1.95 bits per heavy atom. The average molecular weight is 378 g/mol. The Hall–Kier alpha value is -1.74. The first-order valence-corrected chi connectivity index (χ1v) is 7.92. The van der Waals surface area contributed by atoms with Crippen molar-refractivity contribution in [1.82, 2.24) is 4.98 Å². The van der Waals surface area contributed by atoms with Gasteiger partial charge in [0.05, 0.1) is 5.69 Å². The van der Waals surface area contributed by atoms with Crippen molar-refractivity contribution in [1.29, 1.82) is 0 Å². The molecule has 0 aliphatic carbocycles. The van der Waals surface area contributed by atoms with Crippen molar-refractivity contribution in [2.45, 2.75) is 4.90 Å². The van der Waals surface area contributed by atoms with Gasteiger partial charge >= 0.3 is 0 Å². The molecule has 1 aromatic carbocycles. The van der Waals surface area contributed by atoms with E-state index in [1.165, 1.54) is 12.1 Å². The number of pyridine rings is 1. The van der Waals surface area contributed by atoms with Crippen molar-refractivity contribution >= 4 is 37.5 Å². The minimum atomic E-state index is -4.03. The van der Waals surface area contributed by atoms with E-state index in [0.717, 1.165) is 12.3 Å². The molecule has 1 aromatic heterocycles. The summed E-state index contributed by atoms with van der Waals surface area (Å²) in [5.41, 5.74) is -0.367. The van der Waals surface area contributed by atoms with Crippen LogP contribution in [0.15, 0.2) is 39.8 Å². The minimum absolute atomic E-state index is 0.0385. The molecule has 2 N–H and O–H groups in total. The van der Waals surface area contributed by atoms with Crippen molar-refractivity contribution in [2.75, 3.05) is 17.1 Å². The fourth-order valence-electron chi connectivity index (χ4n) is 1.52. The summed E-state index contributed by atoms with van der Waals surface area (Å²) in [4.78, 5) is 3.73. The summed E-state index contributed by atoms with van der Waals surface area (Å²) in [5.74, 6) is -1.35. The van der Waals surface area contributed by atoms with E-state index < -0.39 is 21.7 Å². The van der Waals surface area contributed by atoms with Gasteiger partial charge in [-0.05, 0) is 34.1 Å². The molecule has 2 aromatic rings. The van der Waals surface area contributed by atoms with Gasteiger partial charge in [-0.1, -0.05) is 0 Å². The summed E-state index contributed by atoms with van der Waals surface area (Å²) >= 11 is 2.91. The average Bonchev–Trinajstić information content (AvgIpc) is 2.43. The van der Waals surface area contributed by atoms with Gasteiger partial charge < -0.3 is 5.32 Å². The molecule has 0 saturated heterocycles. The molecule has 112 valence electrons. The highest BCUT2D eigenvalue weighted by Crippen LogP contribution is 2.29. The molecule has 1 heterocycles. The lowest BCUT2D eigenvalue weighted by Crippen LogP contribution is -2.15. The summed E-state index contributed by atoms with van der Waals surface area (Å²) in [6.07, 6.45) is 1.13. The Kier molecular flexibility index (Phi) is 4.43. The summed E-state index contributed by atoms with van der Waals surface area (Å²) in [6, 6.07) is 4.33. The fourth-order valence-corrected chi connectivity index (χ4v) is 3.19. The van der Waals surface area contributed by atoms with E-state index in [4.69, 9.17) is 0 Å². The van der Waals surface area contributed by atoms with Crippen LogP contribution in [0.5, 0.6) is 0 Å². The first-order chi connectivity index (χ1) is 9.83. The quantitative estimate of drug-likeness (QED) is 0.858.